The van der Waals surface area contributed by atoms with E-state index in [9.17, 15) is 0 Å². The van der Waals surface area contributed by atoms with Crippen LogP contribution in [0.4, 0.5) is 11.4 Å². The topological polar surface area (TPSA) is 12.0 Å². The van der Waals surface area contributed by atoms with Crippen molar-refractivity contribution in [3.8, 4) is 11.1 Å². The van der Waals surface area contributed by atoms with Gasteiger partial charge >= 0.3 is 0 Å². The average molecular weight is 460 g/mol. The zero-order valence-electron chi connectivity index (χ0n) is 20.8. The highest BCUT2D eigenvalue weighted by molar-refractivity contribution is 5.99. The minimum Gasteiger partial charge on any atom is -0.355 e. The van der Waals surface area contributed by atoms with E-state index in [0.717, 1.165) is 0 Å². The molecule has 0 spiro atoms. The van der Waals surface area contributed by atoms with Gasteiger partial charge in [0.15, 0.2) is 0 Å². The fourth-order valence-corrected chi connectivity index (χ4v) is 6.64. The number of para-hydroxylation sites is 1. The predicted molar refractivity (Wildman–Crippen MR) is 151 cm³/mol. The lowest BCUT2D eigenvalue weighted by Crippen LogP contribution is -2.07. The highest BCUT2D eigenvalue weighted by Gasteiger charge is 2.20. The molecule has 0 bridgehead atoms. The van der Waals surface area contributed by atoms with Crippen molar-refractivity contribution in [3.05, 3.63) is 96.1 Å². The van der Waals surface area contributed by atoms with Gasteiger partial charge in [-0.15, -0.1) is 0 Å². The Morgan fingerprint density at radius 1 is 0.514 bits per heavy atom. The van der Waals surface area contributed by atoms with Gasteiger partial charge in [0.25, 0.3) is 0 Å². The summed E-state index contributed by atoms with van der Waals surface area (Å²) < 4.78 is 0. The lowest BCUT2D eigenvalue weighted by atomic mass is 9.81. The molecule has 0 heterocycles. The number of hydrogen-bond donors (Lipinski definition) is 1. The third-order valence-corrected chi connectivity index (χ3v) is 8.46. The molecule has 0 amide bonds. The standard InChI is InChI=1S/C34H37N/c1-3-12-25(13-4-1)29-22-23-30(33-20-8-7-19-32(29)33)27-16-11-17-28(24-27)35-34-21-10-9-18-31(34)26-14-5-2-6-15-26/h7-11,16-26,35H,1-6,12-15H2. The Balaban J connectivity index is 1.33. The first kappa shape index (κ1) is 22.4. The zero-order chi connectivity index (χ0) is 23.5. The fraction of sp³-hybridized carbons (Fsp3) is 0.353. The quantitative estimate of drug-likeness (QED) is 0.313. The molecule has 0 radical (unpaired) electrons. The van der Waals surface area contributed by atoms with Crippen molar-refractivity contribution in [3.63, 3.8) is 0 Å². The largest absolute Gasteiger partial charge is 0.355 e. The molecule has 1 nitrogen and oxygen atoms in total. The molecule has 2 saturated carbocycles. The Bertz CT molecular complexity index is 1290. The van der Waals surface area contributed by atoms with Crippen LogP contribution in [0.2, 0.25) is 0 Å². The van der Waals surface area contributed by atoms with Gasteiger partial charge < -0.3 is 5.32 Å². The minimum atomic E-state index is 0.687. The molecule has 6 rings (SSSR count). The highest BCUT2D eigenvalue weighted by atomic mass is 14.9. The van der Waals surface area contributed by atoms with Crippen molar-refractivity contribution < 1.29 is 0 Å². The van der Waals surface area contributed by atoms with E-state index in [0.29, 0.717) is 11.8 Å². The van der Waals surface area contributed by atoms with Gasteiger partial charge in [0.05, 0.1) is 0 Å². The van der Waals surface area contributed by atoms with E-state index in [1.807, 2.05) is 0 Å². The number of fused-ring (bicyclic) bond motifs is 1. The predicted octanol–water partition coefficient (Wildman–Crippen LogP) is 10.3. The van der Waals surface area contributed by atoms with Gasteiger partial charge in [-0.3, -0.25) is 0 Å². The molecule has 2 aliphatic carbocycles. The molecule has 35 heavy (non-hydrogen) atoms. The maximum absolute atomic E-state index is 3.79. The summed E-state index contributed by atoms with van der Waals surface area (Å²) in [7, 11) is 0. The van der Waals surface area contributed by atoms with Crippen LogP contribution < -0.4 is 5.32 Å². The monoisotopic (exact) mass is 459 g/mol. The third-order valence-electron chi connectivity index (χ3n) is 8.46. The van der Waals surface area contributed by atoms with Crippen LogP contribution in [-0.2, 0) is 0 Å². The Labute approximate surface area is 210 Å². The van der Waals surface area contributed by atoms with E-state index in [-0.39, 0.29) is 0 Å². The molecule has 0 saturated heterocycles. The number of benzene rings is 4. The van der Waals surface area contributed by atoms with Gasteiger partial charge in [0.2, 0.25) is 0 Å². The van der Waals surface area contributed by atoms with Crippen molar-refractivity contribution in [2.75, 3.05) is 5.32 Å². The van der Waals surface area contributed by atoms with Crippen LogP contribution in [-0.4, -0.2) is 0 Å². The second-order valence-corrected chi connectivity index (χ2v) is 10.7. The lowest BCUT2D eigenvalue weighted by molar-refractivity contribution is 0.444. The first-order valence-electron chi connectivity index (χ1n) is 13.8. The molecule has 0 aromatic heterocycles. The first-order chi connectivity index (χ1) is 17.4. The van der Waals surface area contributed by atoms with Crippen molar-refractivity contribution in [1.29, 1.82) is 0 Å². The highest BCUT2D eigenvalue weighted by Crippen LogP contribution is 2.41. The Kier molecular flexibility index (Phi) is 6.58. The molecule has 2 aliphatic rings. The lowest BCUT2D eigenvalue weighted by Gasteiger charge is -2.25. The van der Waals surface area contributed by atoms with Crippen LogP contribution >= 0.6 is 0 Å². The number of anilines is 2. The van der Waals surface area contributed by atoms with Crippen LogP contribution in [0.3, 0.4) is 0 Å². The summed E-state index contributed by atoms with van der Waals surface area (Å²) in [5.41, 5.74) is 8.11. The summed E-state index contributed by atoms with van der Waals surface area (Å²) in [5, 5.41) is 6.62. The summed E-state index contributed by atoms with van der Waals surface area (Å²) in [6, 6.07) is 31.8. The summed E-state index contributed by atoms with van der Waals surface area (Å²) >= 11 is 0. The molecule has 0 aliphatic heterocycles. The molecule has 178 valence electrons. The van der Waals surface area contributed by atoms with Gasteiger partial charge in [0, 0.05) is 11.4 Å². The first-order valence-corrected chi connectivity index (χ1v) is 13.8. The van der Waals surface area contributed by atoms with E-state index in [1.54, 1.807) is 5.56 Å². The summed E-state index contributed by atoms with van der Waals surface area (Å²) in [4.78, 5) is 0. The van der Waals surface area contributed by atoms with Gasteiger partial charge in [-0.1, -0.05) is 105 Å². The smallest absolute Gasteiger partial charge is 0.0419 e. The maximum atomic E-state index is 3.79. The van der Waals surface area contributed by atoms with Crippen LogP contribution in [0, 0.1) is 0 Å². The van der Waals surface area contributed by atoms with Crippen molar-refractivity contribution >= 4 is 22.1 Å². The van der Waals surface area contributed by atoms with Crippen LogP contribution in [0.1, 0.15) is 87.2 Å². The molecule has 0 atom stereocenters. The summed E-state index contributed by atoms with van der Waals surface area (Å²) in [6.07, 6.45) is 13.6. The molecular formula is C34H37N. The van der Waals surface area contributed by atoms with E-state index in [1.165, 1.54) is 103 Å². The number of rotatable bonds is 5. The normalized spacial score (nSPS) is 17.5. The number of hydrogen-bond acceptors (Lipinski definition) is 1. The van der Waals surface area contributed by atoms with E-state index < -0.39 is 0 Å². The summed E-state index contributed by atoms with van der Waals surface area (Å²) in [6.45, 7) is 0. The van der Waals surface area contributed by atoms with Crippen molar-refractivity contribution in [2.24, 2.45) is 0 Å². The second kappa shape index (κ2) is 10.3. The van der Waals surface area contributed by atoms with Crippen molar-refractivity contribution in [2.45, 2.75) is 76.0 Å². The average Bonchev–Trinajstić information content (AvgIpc) is 2.94. The van der Waals surface area contributed by atoms with E-state index in [2.05, 4.69) is 90.2 Å². The maximum Gasteiger partial charge on any atom is 0.0419 e. The van der Waals surface area contributed by atoms with Crippen LogP contribution in [0.15, 0.2) is 84.9 Å². The summed E-state index contributed by atoms with van der Waals surface area (Å²) in [5.74, 6) is 1.40. The third kappa shape index (κ3) is 4.74. The molecule has 4 aromatic rings. The Morgan fingerprint density at radius 3 is 1.94 bits per heavy atom. The Morgan fingerprint density at radius 2 is 1.17 bits per heavy atom. The van der Waals surface area contributed by atoms with E-state index in [4.69, 9.17) is 0 Å². The second-order valence-electron chi connectivity index (χ2n) is 10.7. The van der Waals surface area contributed by atoms with Gasteiger partial charge in [-0.25, -0.2) is 0 Å². The van der Waals surface area contributed by atoms with Gasteiger partial charge in [-0.05, 0) is 88.7 Å². The molecule has 1 N–H and O–H groups in total. The zero-order valence-corrected chi connectivity index (χ0v) is 20.8. The fourth-order valence-electron chi connectivity index (χ4n) is 6.64. The van der Waals surface area contributed by atoms with Crippen LogP contribution in [0.5, 0.6) is 0 Å². The van der Waals surface area contributed by atoms with Gasteiger partial charge in [-0.2, -0.15) is 0 Å². The van der Waals surface area contributed by atoms with Crippen molar-refractivity contribution in [1.82, 2.24) is 0 Å². The molecular weight excluding hydrogens is 422 g/mol. The molecule has 1 heteroatoms. The minimum absolute atomic E-state index is 0.687. The Hall–Kier alpha value is -3.06. The number of nitrogens with one attached hydrogen (secondary N) is 1. The van der Waals surface area contributed by atoms with Gasteiger partial charge in [0.1, 0.15) is 0 Å². The SMILES string of the molecule is c1cc(Nc2ccccc2C2CCCCC2)cc(-c2ccc(C3CCCCC3)c3ccccc23)c1. The molecule has 2 fully saturated rings. The molecule has 0 unspecified atom stereocenters. The van der Waals surface area contributed by atoms with E-state index >= 15 is 0 Å². The van der Waals surface area contributed by atoms with Crippen LogP contribution in [0.25, 0.3) is 21.9 Å². The molecule has 4 aromatic carbocycles.